The number of aryl methyl sites for hydroxylation is 1. The predicted octanol–water partition coefficient (Wildman–Crippen LogP) is 3.50. The summed E-state index contributed by atoms with van der Waals surface area (Å²) in [7, 11) is 0. The van der Waals surface area contributed by atoms with E-state index in [1.54, 1.807) is 6.07 Å². The summed E-state index contributed by atoms with van der Waals surface area (Å²) in [6, 6.07) is 17.9. The summed E-state index contributed by atoms with van der Waals surface area (Å²) in [5.74, 6) is 0. The minimum absolute atomic E-state index is 0.0643. The number of rotatable bonds is 1. The number of aromatic amines is 1. The van der Waals surface area contributed by atoms with Gasteiger partial charge < -0.3 is 4.98 Å². The zero-order valence-electron chi connectivity index (χ0n) is 10.1. The Labute approximate surface area is 105 Å². The van der Waals surface area contributed by atoms with Crippen LogP contribution in [0.1, 0.15) is 5.56 Å². The molecule has 0 radical (unpaired) electrons. The Balaban J connectivity index is 2.16. The Bertz CT molecular complexity index is 754. The molecule has 1 N–H and O–H groups in total. The first kappa shape index (κ1) is 10.8. The fraction of sp³-hybridized carbons (Fsp3) is 0.0625. The summed E-state index contributed by atoms with van der Waals surface area (Å²) in [5.41, 5.74) is 4.41. The Morgan fingerprint density at radius 3 is 2.33 bits per heavy atom. The lowest BCUT2D eigenvalue weighted by molar-refractivity contribution is 1.31. The van der Waals surface area contributed by atoms with E-state index in [1.165, 1.54) is 11.1 Å². The molecule has 0 aliphatic rings. The van der Waals surface area contributed by atoms with Gasteiger partial charge in [-0.1, -0.05) is 35.9 Å². The molecule has 0 spiro atoms. The van der Waals surface area contributed by atoms with Crippen LogP contribution < -0.4 is 5.56 Å². The van der Waals surface area contributed by atoms with Gasteiger partial charge in [-0.3, -0.25) is 4.79 Å². The Hall–Kier alpha value is -2.35. The standard InChI is InChI=1S/C16H13NO/c1-11-2-4-12(5-3-11)13-6-8-15-14(10-13)7-9-16(18)17-15/h2-10H,1H3,(H,17,18). The van der Waals surface area contributed by atoms with Gasteiger partial charge in [0, 0.05) is 11.6 Å². The molecule has 0 unspecified atom stereocenters. The number of H-pyrrole nitrogens is 1. The second-order valence-electron chi connectivity index (χ2n) is 4.49. The molecule has 0 saturated heterocycles. The van der Waals surface area contributed by atoms with Crippen molar-refractivity contribution in [3.05, 3.63) is 70.5 Å². The van der Waals surface area contributed by atoms with Crippen LogP contribution in [0.2, 0.25) is 0 Å². The number of hydrogen-bond acceptors (Lipinski definition) is 1. The second kappa shape index (κ2) is 4.15. The van der Waals surface area contributed by atoms with Gasteiger partial charge in [-0.05, 0) is 41.6 Å². The average molecular weight is 235 g/mol. The maximum Gasteiger partial charge on any atom is 0.248 e. The molecule has 88 valence electrons. The normalized spacial score (nSPS) is 10.7. The molecule has 2 nitrogen and oxygen atoms in total. The Kier molecular flexibility index (Phi) is 2.49. The molecule has 0 fully saturated rings. The van der Waals surface area contributed by atoms with Crippen LogP contribution in [0.3, 0.4) is 0 Å². The van der Waals surface area contributed by atoms with Crippen LogP contribution in [-0.4, -0.2) is 4.98 Å². The van der Waals surface area contributed by atoms with Crippen LogP contribution in [0.15, 0.2) is 59.4 Å². The zero-order valence-corrected chi connectivity index (χ0v) is 10.1. The van der Waals surface area contributed by atoms with Gasteiger partial charge in [-0.15, -0.1) is 0 Å². The quantitative estimate of drug-likeness (QED) is 0.688. The van der Waals surface area contributed by atoms with E-state index >= 15 is 0 Å². The fourth-order valence-corrected chi connectivity index (χ4v) is 2.08. The van der Waals surface area contributed by atoms with Crippen LogP contribution in [0.4, 0.5) is 0 Å². The van der Waals surface area contributed by atoms with E-state index in [2.05, 4.69) is 42.2 Å². The van der Waals surface area contributed by atoms with Crippen LogP contribution in [-0.2, 0) is 0 Å². The van der Waals surface area contributed by atoms with Gasteiger partial charge in [0.25, 0.3) is 0 Å². The van der Waals surface area contributed by atoms with E-state index in [0.717, 1.165) is 16.5 Å². The summed E-state index contributed by atoms with van der Waals surface area (Å²) in [5, 5.41) is 1.05. The fourth-order valence-electron chi connectivity index (χ4n) is 2.08. The van der Waals surface area contributed by atoms with E-state index in [-0.39, 0.29) is 5.56 Å². The molecule has 1 aromatic heterocycles. The van der Waals surface area contributed by atoms with Crippen molar-refractivity contribution < 1.29 is 0 Å². The number of pyridine rings is 1. The first-order valence-corrected chi connectivity index (χ1v) is 5.92. The van der Waals surface area contributed by atoms with Gasteiger partial charge in [-0.25, -0.2) is 0 Å². The summed E-state index contributed by atoms with van der Waals surface area (Å²) >= 11 is 0. The van der Waals surface area contributed by atoms with Gasteiger partial charge in [0.2, 0.25) is 5.56 Å². The first-order chi connectivity index (χ1) is 8.72. The third-order valence-electron chi connectivity index (χ3n) is 3.11. The van der Waals surface area contributed by atoms with Crippen molar-refractivity contribution in [1.29, 1.82) is 0 Å². The topological polar surface area (TPSA) is 32.9 Å². The minimum atomic E-state index is -0.0643. The van der Waals surface area contributed by atoms with Crippen molar-refractivity contribution in [3.8, 4) is 11.1 Å². The van der Waals surface area contributed by atoms with Crippen molar-refractivity contribution in [2.75, 3.05) is 0 Å². The lowest BCUT2D eigenvalue weighted by atomic mass is 10.0. The highest BCUT2D eigenvalue weighted by Gasteiger charge is 2.00. The summed E-state index contributed by atoms with van der Waals surface area (Å²) in [6.07, 6.45) is 0. The molecule has 3 rings (SSSR count). The van der Waals surface area contributed by atoms with E-state index in [1.807, 2.05) is 18.2 Å². The highest BCUT2D eigenvalue weighted by molar-refractivity contribution is 5.84. The van der Waals surface area contributed by atoms with Gasteiger partial charge in [0.1, 0.15) is 0 Å². The van der Waals surface area contributed by atoms with E-state index in [4.69, 9.17) is 0 Å². The van der Waals surface area contributed by atoms with Crippen LogP contribution in [0.5, 0.6) is 0 Å². The SMILES string of the molecule is Cc1ccc(-c2ccc3[nH]c(=O)ccc3c2)cc1. The molecular weight excluding hydrogens is 222 g/mol. The monoisotopic (exact) mass is 235 g/mol. The molecule has 0 amide bonds. The third-order valence-corrected chi connectivity index (χ3v) is 3.11. The molecule has 18 heavy (non-hydrogen) atoms. The van der Waals surface area contributed by atoms with Crippen molar-refractivity contribution in [1.82, 2.24) is 4.98 Å². The maximum absolute atomic E-state index is 11.2. The van der Waals surface area contributed by atoms with Gasteiger partial charge in [0.15, 0.2) is 0 Å². The Morgan fingerprint density at radius 2 is 1.56 bits per heavy atom. The van der Waals surface area contributed by atoms with Crippen LogP contribution >= 0.6 is 0 Å². The summed E-state index contributed by atoms with van der Waals surface area (Å²) in [6.45, 7) is 2.08. The zero-order chi connectivity index (χ0) is 12.5. The number of nitrogens with one attached hydrogen (secondary N) is 1. The Morgan fingerprint density at radius 1 is 0.833 bits per heavy atom. The minimum Gasteiger partial charge on any atom is -0.322 e. The average Bonchev–Trinajstić information content (AvgIpc) is 2.39. The molecule has 0 aliphatic heterocycles. The van der Waals surface area contributed by atoms with Crippen molar-refractivity contribution in [2.45, 2.75) is 6.92 Å². The van der Waals surface area contributed by atoms with Crippen LogP contribution in [0.25, 0.3) is 22.0 Å². The molecule has 2 heteroatoms. The van der Waals surface area contributed by atoms with Gasteiger partial charge in [-0.2, -0.15) is 0 Å². The van der Waals surface area contributed by atoms with Crippen molar-refractivity contribution >= 4 is 10.9 Å². The molecule has 3 aromatic rings. The highest BCUT2D eigenvalue weighted by Crippen LogP contribution is 2.23. The molecular formula is C16H13NO. The summed E-state index contributed by atoms with van der Waals surface area (Å²) in [4.78, 5) is 14.0. The largest absolute Gasteiger partial charge is 0.322 e. The molecule has 0 atom stereocenters. The number of hydrogen-bond donors (Lipinski definition) is 1. The second-order valence-corrected chi connectivity index (χ2v) is 4.49. The van der Waals surface area contributed by atoms with Crippen LogP contribution in [0, 0.1) is 6.92 Å². The molecule has 2 aromatic carbocycles. The van der Waals surface area contributed by atoms with Crippen molar-refractivity contribution in [3.63, 3.8) is 0 Å². The number of fused-ring (bicyclic) bond motifs is 1. The smallest absolute Gasteiger partial charge is 0.248 e. The van der Waals surface area contributed by atoms with Crippen molar-refractivity contribution in [2.24, 2.45) is 0 Å². The maximum atomic E-state index is 11.2. The molecule has 0 saturated carbocycles. The van der Waals surface area contributed by atoms with E-state index in [9.17, 15) is 4.79 Å². The van der Waals surface area contributed by atoms with Gasteiger partial charge >= 0.3 is 0 Å². The summed E-state index contributed by atoms with van der Waals surface area (Å²) < 4.78 is 0. The third kappa shape index (κ3) is 1.93. The van der Waals surface area contributed by atoms with E-state index in [0.29, 0.717) is 0 Å². The lowest BCUT2D eigenvalue weighted by Crippen LogP contribution is -2.01. The predicted molar refractivity (Wildman–Crippen MR) is 74.7 cm³/mol. The molecule has 0 bridgehead atoms. The first-order valence-electron chi connectivity index (χ1n) is 5.92. The van der Waals surface area contributed by atoms with E-state index < -0.39 is 0 Å². The number of benzene rings is 2. The molecule has 0 aliphatic carbocycles. The lowest BCUT2D eigenvalue weighted by Gasteiger charge is -2.04. The van der Waals surface area contributed by atoms with Gasteiger partial charge in [0.05, 0.1) is 0 Å². The molecule has 1 heterocycles. The highest BCUT2D eigenvalue weighted by atomic mass is 16.1. The number of aromatic nitrogens is 1.